The Morgan fingerprint density at radius 3 is 2.57 bits per heavy atom. The van der Waals surface area contributed by atoms with Gasteiger partial charge in [0.15, 0.2) is 0 Å². The maximum absolute atomic E-state index is 6.00. The molecule has 0 atom stereocenters. The van der Waals surface area contributed by atoms with Crippen molar-refractivity contribution in [2.45, 2.75) is 32.2 Å². The minimum atomic E-state index is 0.708. The number of nitrogens with two attached hydrogens (primary N) is 1. The molecule has 0 radical (unpaired) electrons. The molecular weight excluding hydrogens is 172 g/mol. The van der Waals surface area contributed by atoms with Crippen LogP contribution in [0.3, 0.4) is 0 Å². The summed E-state index contributed by atoms with van der Waals surface area (Å²) >= 11 is 0. The van der Waals surface area contributed by atoms with Crippen molar-refractivity contribution < 1.29 is 0 Å². The summed E-state index contributed by atoms with van der Waals surface area (Å²) in [5, 5.41) is 0. The van der Waals surface area contributed by atoms with Crippen LogP contribution in [-0.2, 0) is 0 Å². The van der Waals surface area contributed by atoms with Gasteiger partial charge in [-0.05, 0) is 43.9 Å². The van der Waals surface area contributed by atoms with E-state index < -0.39 is 0 Å². The van der Waals surface area contributed by atoms with E-state index in [1.54, 1.807) is 0 Å². The molecule has 2 N–H and O–H groups in total. The predicted molar refractivity (Wildman–Crippen MR) is 61.6 cm³/mol. The smallest absolute Gasteiger partial charge is 0.0600 e. The zero-order valence-corrected chi connectivity index (χ0v) is 8.96. The molecular formula is C12H18N2. The minimum Gasteiger partial charge on any atom is -0.397 e. The molecule has 76 valence electrons. The molecule has 1 aliphatic rings. The molecule has 14 heavy (non-hydrogen) atoms. The third-order valence-corrected chi connectivity index (χ3v) is 3.19. The second-order valence-electron chi connectivity index (χ2n) is 4.26. The molecule has 1 saturated carbocycles. The van der Waals surface area contributed by atoms with Gasteiger partial charge < -0.3 is 10.6 Å². The highest BCUT2D eigenvalue weighted by molar-refractivity contribution is 5.68. The van der Waals surface area contributed by atoms with Gasteiger partial charge in [-0.3, -0.25) is 0 Å². The van der Waals surface area contributed by atoms with Gasteiger partial charge in [0.05, 0.1) is 11.4 Å². The van der Waals surface area contributed by atoms with E-state index in [4.69, 9.17) is 5.73 Å². The van der Waals surface area contributed by atoms with Crippen LogP contribution in [-0.4, -0.2) is 13.1 Å². The van der Waals surface area contributed by atoms with Gasteiger partial charge in [0, 0.05) is 13.1 Å². The fourth-order valence-electron chi connectivity index (χ4n) is 1.97. The number of rotatable bonds is 2. The van der Waals surface area contributed by atoms with Crippen molar-refractivity contribution in [3.8, 4) is 0 Å². The molecule has 2 nitrogen and oxygen atoms in total. The highest BCUT2D eigenvalue weighted by atomic mass is 15.1. The number of nitrogens with zero attached hydrogens (tertiary/aromatic N) is 1. The van der Waals surface area contributed by atoms with Crippen LogP contribution in [0.25, 0.3) is 0 Å². The van der Waals surface area contributed by atoms with E-state index >= 15 is 0 Å². The first-order chi connectivity index (χ1) is 6.68. The zero-order chi connectivity index (χ0) is 10.1. The van der Waals surface area contributed by atoms with Crippen LogP contribution < -0.4 is 10.6 Å². The molecule has 0 aromatic heterocycles. The van der Waals surface area contributed by atoms with E-state index in [1.807, 2.05) is 6.07 Å². The predicted octanol–water partition coefficient (Wildman–Crippen LogP) is 2.57. The average Bonchev–Trinajstić information content (AvgIpc) is 2.00. The minimum absolute atomic E-state index is 0.708. The lowest BCUT2D eigenvalue weighted by Crippen LogP contribution is -2.37. The van der Waals surface area contributed by atoms with E-state index in [-0.39, 0.29) is 0 Å². The largest absolute Gasteiger partial charge is 0.397 e. The Balaban J connectivity index is 2.22. The van der Waals surface area contributed by atoms with Crippen molar-refractivity contribution in [1.82, 2.24) is 0 Å². The standard InChI is InChI=1S/C12H18N2/c1-9-6-7-12(11(13)8-9)14(2)10-4-3-5-10/h6-8,10H,3-5,13H2,1-2H3. The monoisotopic (exact) mass is 190 g/mol. The van der Waals surface area contributed by atoms with E-state index in [0.29, 0.717) is 6.04 Å². The number of benzene rings is 1. The van der Waals surface area contributed by atoms with Crippen molar-refractivity contribution in [3.05, 3.63) is 23.8 Å². The van der Waals surface area contributed by atoms with Crippen molar-refractivity contribution >= 4 is 11.4 Å². The number of aryl methyl sites for hydroxylation is 1. The molecule has 1 aromatic carbocycles. The Morgan fingerprint density at radius 2 is 2.07 bits per heavy atom. The Labute approximate surface area is 85.7 Å². The molecule has 2 rings (SSSR count). The Morgan fingerprint density at radius 1 is 1.36 bits per heavy atom. The van der Waals surface area contributed by atoms with Gasteiger partial charge in [0.25, 0.3) is 0 Å². The molecule has 2 heteroatoms. The molecule has 0 aliphatic heterocycles. The molecule has 0 amide bonds. The van der Waals surface area contributed by atoms with Crippen LogP contribution in [0.2, 0.25) is 0 Å². The zero-order valence-electron chi connectivity index (χ0n) is 8.96. The summed E-state index contributed by atoms with van der Waals surface area (Å²) in [6.45, 7) is 2.07. The molecule has 1 aliphatic carbocycles. The van der Waals surface area contributed by atoms with E-state index in [0.717, 1.165) is 5.69 Å². The number of hydrogen-bond donors (Lipinski definition) is 1. The summed E-state index contributed by atoms with van der Waals surface area (Å²) in [6, 6.07) is 7.01. The lowest BCUT2D eigenvalue weighted by Gasteiger charge is -2.37. The van der Waals surface area contributed by atoms with E-state index in [2.05, 4.69) is 31.0 Å². The molecule has 0 bridgehead atoms. The topological polar surface area (TPSA) is 29.3 Å². The first kappa shape index (κ1) is 9.38. The summed E-state index contributed by atoms with van der Waals surface area (Å²) in [6.07, 6.45) is 3.98. The van der Waals surface area contributed by atoms with Gasteiger partial charge in [-0.2, -0.15) is 0 Å². The van der Waals surface area contributed by atoms with Crippen molar-refractivity contribution in [1.29, 1.82) is 0 Å². The molecule has 0 unspecified atom stereocenters. The van der Waals surface area contributed by atoms with Crippen LogP contribution in [0.5, 0.6) is 0 Å². The van der Waals surface area contributed by atoms with Gasteiger partial charge in [-0.25, -0.2) is 0 Å². The first-order valence-electron chi connectivity index (χ1n) is 5.27. The average molecular weight is 190 g/mol. The first-order valence-corrected chi connectivity index (χ1v) is 5.27. The van der Waals surface area contributed by atoms with Crippen molar-refractivity contribution in [3.63, 3.8) is 0 Å². The maximum atomic E-state index is 6.00. The van der Waals surface area contributed by atoms with Crippen molar-refractivity contribution in [2.24, 2.45) is 0 Å². The highest BCUT2D eigenvalue weighted by Gasteiger charge is 2.23. The van der Waals surface area contributed by atoms with Crippen LogP contribution in [0, 0.1) is 6.92 Å². The van der Waals surface area contributed by atoms with Gasteiger partial charge >= 0.3 is 0 Å². The number of anilines is 2. The lowest BCUT2D eigenvalue weighted by molar-refractivity contribution is 0.401. The summed E-state index contributed by atoms with van der Waals surface area (Å²) in [7, 11) is 2.14. The summed E-state index contributed by atoms with van der Waals surface area (Å²) in [4.78, 5) is 2.32. The van der Waals surface area contributed by atoms with Crippen LogP contribution in [0.15, 0.2) is 18.2 Å². The van der Waals surface area contributed by atoms with Crippen molar-refractivity contribution in [2.75, 3.05) is 17.7 Å². The van der Waals surface area contributed by atoms with Crippen LogP contribution in [0.1, 0.15) is 24.8 Å². The fourth-order valence-corrected chi connectivity index (χ4v) is 1.97. The molecule has 0 spiro atoms. The summed E-state index contributed by atoms with van der Waals surface area (Å²) < 4.78 is 0. The van der Waals surface area contributed by atoms with Crippen LogP contribution >= 0.6 is 0 Å². The Bertz CT molecular complexity index is 329. The fraction of sp³-hybridized carbons (Fsp3) is 0.500. The third-order valence-electron chi connectivity index (χ3n) is 3.19. The molecule has 0 saturated heterocycles. The van der Waals surface area contributed by atoms with Gasteiger partial charge in [-0.15, -0.1) is 0 Å². The SMILES string of the molecule is Cc1ccc(N(C)C2CCC2)c(N)c1. The van der Waals surface area contributed by atoms with Gasteiger partial charge in [0.1, 0.15) is 0 Å². The van der Waals surface area contributed by atoms with Crippen LogP contribution in [0.4, 0.5) is 11.4 Å². The Hall–Kier alpha value is -1.18. The quantitative estimate of drug-likeness (QED) is 0.726. The molecule has 0 heterocycles. The number of nitrogen functional groups attached to an aromatic ring is 1. The Kier molecular flexibility index (Phi) is 2.36. The molecule has 1 aromatic rings. The number of hydrogen-bond acceptors (Lipinski definition) is 2. The third kappa shape index (κ3) is 1.57. The molecule has 1 fully saturated rings. The van der Waals surface area contributed by atoms with Gasteiger partial charge in [0.2, 0.25) is 0 Å². The summed E-state index contributed by atoms with van der Waals surface area (Å²) in [5.41, 5.74) is 9.31. The van der Waals surface area contributed by atoms with E-state index in [9.17, 15) is 0 Å². The normalized spacial score (nSPS) is 16.4. The van der Waals surface area contributed by atoms with E-state index in [1.165, 1.54) is 30.5 Å². The second-order valence-corrected chi connectivity index (χ2v) is 4.26. The summed E-state index contributed by atoms with van der Waals surface area (Å²) in [5.74, 6) is 0. The maximum Gasteiger partial charge on any atom is 0.0600 e. The second kappa shape index (κ2) is 3.52. The lowest BCUT2D eigenvalue weighted by atomic mass is 9.91. The highest BCUT2D eigenvalue weighted by Crippen LogP contribution is 2.31. The van der Waals surface area contributed by atoms with Gasteiger partial charge in [-0.1, -0.05) is 6.07 Å².